The SMILES string of the molecule is CCOC(=O)C1=NC(C(F)F)=CC2CC12CC(C)(NC(=O)OC(C)(C)C)c1cc(Br)ccc1F. The summed E-state index contributed by atoms with van der Waals surface area (Å²) in [5.41, 5.74) is -3.64. The molecule has 1 aromatic rings. The average molecular weight is 545 g/mol. The van der Waals surface area contributed by atoms with Crippen molar-refractivity contribution >= 4 is 33.7 Å². The van der Waals surface area contributed by atoms with Crippen LogP contribution in [0.5, 0.6) is 0 Å². The Balaban J connectivity index is 2.06. The number of rotatable bonds is 7. The minimum Gasteiger partial charge on any atom is -0.461 e. The molecule has 0 spiro atoms. The number of alkyl halides is 2. The molecule has 1 fully saturated rings. The average Bonchev–Trinajstić information content (AvgIpc) is 3.40. The highest BCUT2D eigenvalue weighted by Gasteiger charge is 2.63. The minimum atomic E-state index is -2.85. The Hall–Kier alpha value is -2.36. The predicted octanol–water partition coefficient (Wildman–Crippen LogP) is 5.89. The van der Waals surface area contributed by atoms with Crippen LogP contribution >= 0.6 is 15.9 Å². The number of ether oxygens (including phenoxy) is 2. The first-order valence-corrected chi connectivity index (χ1v) is 11.7. The molecule has 34 heavy (non-hydrogen) atoms. The summed E-state index contributed by atoms with van der Waals surface area (Å²) in [6.45, 7) is 8.35. The van der Waals surface area contributed by atoms with Crippen LogP contribution in [0.25, 0.3) is 0 Å². The van der Waals surface area contributed by atoms with Gasteiger partial charge < -0.3 is 14.8 Å². The van der Waals surface area contributed by atoms with Crippen molar-refractivity contribution in [3.8, 4) is 0 Å². The summed E-state index contributed by atoms with van der Waals surface area (Å²) in [7, 11) is 0. The maximum Gasteiger partial charge on any atom is 0.408 e. The van der Waals surface area contributed by atoms with Crippen LogP contribution in [-0.2, 0) is 19.8 Å². The van der Waals surface area contributed by atoms with E-state index in [1.807, 2.05) is 0 Å². The van der Waals surface area contributed by atoms with Gasteiger partial charge in [-0.1, -0.05) is 22.0 Å². The van der Waals surface area contributed by atoms with Gasteiger partial charge in [-0.25, -0.2) is 27.8 Å². The molecular weight excluding hydrogens is 517 g/mol. The van der Waals surface area contributed by atoms with Gasteiger partial charge in [-0.15, -0.1) is 0 Å². The van der Waals surface area contributed by atoms with Gasteiger partial charge in [0.05, 0.1) is 12.1 Å². The minimum absolute atomic E-state index is 0.0158. The molecule has 1 heterocycles. The Bertz CT molecular complexity index is 1050. The summed E-state index contributed by atoms with van der Waals surface area (Å²) in [6.07, 6.45) is -1.93. The lowest BCUT2D eigenvalue weighted by molar-refractivity contribution is -0.135. The van der Waals surface area contributed by atoms with Gasteiger partial charge in [-0.2, -0.15) is 0 Å². The number of hydrogen-bond donors (Lipinski definition) is 1. The molecular formula is C24H28BrF3N2O4. The van der Waals surface area contributed by atoms with Gasteiger partial charge in [-0.05, 0) is 71.6 Å². The zero-order valence-electron chi connectivity index (χ0n) is 19.7. The highest BCUT2D eigenvalue weighted by atomic mass is 79.9. The van der Waals surface area contributed by atoms with E-state index in [4.69, 9.17) is 9.47 Å². The van der Waals surface area contributed by atoms with Crippen LogP contribution in [0.3, 0.4) is 0 Å². The molecule has 3 unspecified atom stereocenters. The Morgan fingerprint density at radius 1 is 1.29 bits per heavy atom. The van der Waals surface area contributed by atoms with Crippen molar-refractivity contribution in [1.29, 1.82) is 0 Å². The third kappa shape index (κ3) is 5.47. The molecule has 1 aromatic carbocycles. The topological polar surface area (TPSA) is 77.0 Å². The maximum absolute atomic E-state index is 15.0. The summed E-state index contributed by atoms with van der Waals surface area (Å²) in [4.78, 5) is 29.5. The molecule has 1 aliphatic heterocycles. The van der Waals surface area contributed by atoms with Crippen molar-refractivity contribution < 1.29 is 32.2 Å². The van der Waals surface area contributed by atoms with E-state index in [1.54, 1.807) is 34.6 Å². The second-order valence-electron chi connectivity index (χ2n) is 9.80. The van der Waals surface area contributed by atoms with Crippen molar-refractivity contribution in [3.05, 3.63) is 45.8 Å². The largest absolute Gasteiger partial charge is 0.461 e. The highest BCUT2D eigenvalue weighted by molar-refractivity contribution is 9.10. The third-order valence-corrected chi connectivity index (χ3v) is 6.37. The van der Waals surface area contributed by atoms with Gasteiger partial charge in [0.15, 0.2) is 0 Å². The lowest BCUT2D eigenvalue weighted by Gasteiger charge is -2.37. The van der Waals surface area contributed by atoms with Crippen LogP contribution in [0.2, 0.25) is 0 Å². The molecule has 10 heteroatoms. The number of nitrogens with zero attached hydrogens (tertiary/aromatic N) is 1. The van der Waals surface area contributed by atoms with Crippen molar-refractivity contribution in [3.63, 3.8) is 0 Å². The highest BCUT2D eigenvalue weighted by Crippen LogP contribution is 2.63. The molecule has 2 aliphatic rings. The van der Waals surface area contributed by atoms with Gasteiger partial charge in [0, 0.05) is 15.5 Å². The van der Waals surface area contributed by atoms with Crippen molar-refractivity contribution in [2.45, 2.75) is 65.0 Å². The first-order valence-electron chi connectivity index (χ1n) is 10.9. The fourth-order valence-corrected chi connectivity index (χ4v) is 4.81. The van der Waals surface area contributed by atoms with Gasteiger partial charge in [0.25, 0.3) is 6.43 Å². The number of allylic oxidation sites excluding steroid dienone is 2. The number of fused-ring (bicyclic) bond motifs is 1. The summed E-state index contributed by atoms with van der Waals surface area (Å²) < 4.78 is 53.0. The molecule has 3 atom stereocenters. The second kappa shape index (κ2) is 9.36. The smallest absolute Gasteiger partial charge is 0.408 e. The first kappa shape index (κ1) is 26.2. The number of alkyl carbamates (subject to hydrolysis) is 1. The molecule has 3 rings (SSSR count). The molecule has 1 amide bonds. The number of carbonyl (C=O) groups is 2. The number of benzene rings is 1. The van der Waals surface area contributed by atoms with Crippen LogP contribution in [0, 0.1) is 17.2 Å². The van der Waals surface area contributed by atoms with Crippen LogP contribution in [-0.4, -0.2) is 36.4 Å². The van der Waals surface area contributed by atoms with Gasteiger partial charge in [-0.3, -0.25) is 0 Å². The van der Waals surface area contributed by atoms with E-state index < -0.39 is 52.5 Å². The lowest BCUT2D eigenvalue weighted by Crippen LogP contribution is -2.49. The number of amides is 1. The lowest BCUT2D eigenvalue weighted by atomic mass is 9.77. The predicted molar refractivity (Wildman–Crippen MR) is 124 cm³/mol. The summed E-state index contributed by atoms with van der Waals surface area (Å²) in [6, 6.07) is 4.31. The van der Waals surface area contributed by atoms with E-state index in [1.165, 1.54) is 24.3 Å². The molecule has 0 bridgehead atoms. The van der Waals surface area contributed by atoms with Gasteiger partial charge in [0.2, 0.25) is 0 Å². The third-order valence-electron chi connectivity index (χ3n) is 5.88. The quantitative estimate of drug-likeness (QED) is 0.434. The molecule has 186 valence electrons. The fraction of sp³-hybridized carbons (Fsp3) is 0.542. The normalized spacial score (nSPS) is 23.3. The Morgan fingerprint density at radius 3 is 2.56 bits per heavy atom. The molecule has 1 N–H and O–H groups in total. The van der Waals surface area contributed by atoms with E-state index >= 15 is 4.39 Å². The molecule has 6 nitrogen and oxygen atoms in total. The summed E-state index contributed by atoms with van der Waals surface area (Å²) in [5.74, 6) is -1.81. The van der Waals surface area contributed by atoms with Gasteiger partial charge in [0.1, 0.15) is 22.8 Å². The number of esters is 1. The molecule has 0 radical (unpaired) electrons. The van der Waals surface area contributed by atoms with Crippen LogP contribution < -0.4 is 5.32 Å². The van der Waals surface area contributed by atoms with Crippen LogP contribution in [0.4, 0.5) is 18.0 Å². The van der Waals surface area contributed by atoms with E-state index in [-0.39, 0.29) is 24.3 Å². The van der Waals surface area contributed by atoms with E-state index in [0.717, 1.165) is 0 Å². The fourth-order valence-electron chi connectivity index (χ4n) is 4.45. The van der Waals surface area contributed by atoms with Crippen LogP contribution in [0.15, 0.2) is 39.4 Å². The number of carbonyl (C=O) groups excluding carboxylic acids is 2. The number of hydrogen-bond acceptors (Lipinski definition) is 5. The Morgan fingerprint density at radius 2 is 1.97 bits per heavy atom. The molecule has 1 aliphatic carbocycles. The zero-order valence-corrected chi connectivity index (χ0v) is 21.3. The molecule has 0 saturated heterocycles. The van der Waals surface area contributed by atoms with Crippen molar-refractivity contribution in [1.82, 2.24) is 5.32 Å². The van der Waals surface area contributed by atoms with Gasteiger partial charge >= 0.3 is 12.1 Å². The molecule has 1 saturated carbocycles. The first-order chi connectivity index (χ1) is 15.7. The maximum atomic E-state index is 15.0. The zero-order chi connectivity index (χ0) is 25.5. The summed E-state index contributed by atoms with van der Waals surface area (Å²) >= 11 is 3.33. The van der Waals surface area contributed by atoms with Crippen molar-refractivity contribution in [2.75, 3.05) is 6.61 Å². The molecule has 0 aromatic heterocycles. The van der Waals surface area contributed by atoms with E-state index in [9.17, 15) is 18.4 Å². The van der Waals surface area contributed by atoms with E-state index in [2.05, 4.69) is 26.2 Å². The Labute approximate surface area is 205 Å². The van der Waals surface area contributed by atoms with Crippen molar-refractivity contribution in [2.24, 2.45) is 16.3 Å². The second-order valence-corrected chi connectivity index (χ2v) is 10.7. The standard InChI is InChI=1S/C24H28BrF3N2O4/c1-6-33-20(31)18-24(11-13(24)9-17(29-18)19(27)28)12-23(5,30-21(32)34-22(2,3)4)15-10-14(25)7-8-16(15)26/h7-10,13,19H,6,11-12H2,1-5H3,(H,30,32). The monoisotopic (exact) mass is 544 g/mol. The number of halogens is 4. The number of nitrogens with one attached hydrogen (secondary N) is 1. The summed E-state index contributed by atoms with van der Waals surface area (Å²) in [5, 5.41) is 2.76. The number of aliphatic imine (C=N–C) groups is 1. The van der Waals surface area contributed by atoms with E-state index in [0.29, 0.717) is 10.9 Å². The Kier molecular flexibility index (Phi) is 7.22. The van der Waals surface area contributed by atoms with Crippen LogP contribution in [0.1, 0.15) is 53.0 Å².